The number of benzene rings is 1. The van der Waals surface area contributed by atoms with Crippen LogP contribution in [0.1, 0.15) is 62.8 Å². The highest BCUT2D eigenvalue weighted by Gasteiger charge is 2.30. The maximum Gasteiger partial charge on any atom is 0.408 e. The van der Waals surface area contributed by atoms with Gasteiger partial charge in [0.1, 0.15) is 30.4 Å². The van der Waals surface area contributed by atoms with E-state index in [-0.39, 0.29) is 13.2 Å². The molecule has 0 unspecified atom stereocenters. The summed E-state index contributed by atoms with van der Waals surface area (Å²) in [5.41, 5.74) is 3.75. The SMILES string of the molecule is CC(C)(C)OC(=O)[C@H](Cn1cnc2c(N3CCC(c4ccc5c(n4)NCCC5)CC3)ncnc21)NC(=O)OCc1ccccc1. The van der Waals surface area contributed by atoms with Gasteiger partial charge in [0.15, 0.2) is 17.0 Å². The first-order valence-electron chi connectivity index (χ1n) is 15.6. The molecule has 1 amide bonds. The second-order valence-corrected chi connectivity index (χ2v) is 12.6. The number of hydrogen-bond donors (Lipinski definition) is 2. The van der Waals surface area contributed by atoms with Gasteiger partial charge >= 0.3 is 12.1 Å². The maximum absolute atomic E-state index is 13.2. The second kappa shape index (κ2) is 13.1. The zero-order valence-electron chi connectivity index (χ0n) is 26.0. The summed E-state index contributed by atoms with van der Waals surface area (Å²) in [5, 5.41) is 6.13. The lowest BCUT2D eigenvalue weighted by molar-refractivity contribution is -0.157. The Labute approximate surface area is 262 Å². The van der Waals surface area contributed by atoms with E-state index in [1.54, 1.807) is 31.7 Å². The van der Waals surface area contributed by atoms with Crippen LogP contribution in [0.4, 0.5) is 16.4 Å². The lowest BCUT2D eigenvalue weighted by Crippen LogP contribution is -2.46. The Morgan fingerprint density at radius 2 is 1.87 bits per heavy atom. The number of amides is 1. The zero-order valence-corrected chi connectivity index (χ0v) is 26.0. The molecule has 0 aliphatic carbocycles. The van der Waals surface area contributed by atoms with Gasteiger partial charge in [0.25, 0.3) is 0 Å². The van der Waals surface area contributed by atoms with Gasteiger partial charge in [-0.2, -0.15) is 0 Å². The molecule has 2 N–H and O–H groups in total. The normalized spacial score (nSPS) is 16.0. The van der Waals surface area contributed by atoms with Gasteiger partial charge in [-0.1, -0.05) is 36.4 Å². The van der Waals surface area contributed by atoms with Crippen molar-refractivity contribution in [1.82, 2.24) is 29.8 Å². The van der Waals surface area contributed by atoms with Crippen molar-refractivity contribution in [2.45, 2.75) is 77.2 Å². The van der Waals surface area contributed by atoms with Crippen molar-refractivity contribution in [3.63, 3.8) is 0 Å². The molecule has 12 heteroatoms. The molecule has 45 heavy (non-hydrogen) atoms. The summed E-state index contributed by atoms with van der Waals surface area (Å²) >= 11 is 0. The third kappa shape index (κ3) is 7.33. The number of anilines is 2. The minimum absolute atomic E-state index is 0.0579. The minimum Gasteiger partial charge on any atom is -0.458 e. The standard InChI is InChI=1S/C33H40N8O4/c1-33(2,3)45-31(42)26(39-32(43)44-19-22-8-5-4-6-9-22)18-41-21-37-27-29(35-20-36-30(27)41)40-16-13-23(14-17-40)25-12-11-24-10-7-15-34-28(24)38-25/h4-6,8-9,11-12,20-21,23,26H,7,10,13-19H2,1-3H3,(H,34,38)(H,39,43)/t26-/m0/s1. The zero-order chi connectivity index (χ0) is 31.4. The van der Waals surface area contributed by atoms with Crippen LogP contribution in [0.25, 0.3) is 11.2 Å². The molecule has 4 aromatic rings. The molecule has 236 valence electrons. The molecule has 1 atom stereocenters. The molecular weight excluding hydrogens is 572 g/mol. The van der Waals surface area contributed by atoms with Gasteiger partial charge in [0.2, 0.25) is 0 Å². The number of imidazole rings is 1. The van der Waals surface area contributed by atoms with E-state index < -0.39 is 23.7 Å². The van der Waals surface area contributed by atoms with Crippen molar-refractivity contribution in [2.24, 2.45) is 0 Å². The number of ether oxygens (including phenoxy) is 2. The van der Waals surface area contributed by atoms with E-state index in [9.17, 15) is 9.59 Å². The Kier molecular flexibility index (Phi) is 8.81. The molecule has 0 radical (unpaired) electrons. The average molecular weight is 613 g/mol. The van der Waals surface area contributed by atoms with E-state index in [0.717, 1.165) is 68.2 Å². The molecule has 2 aliphatic heterocycles. The summed E-state index contributed by atoms with van der Waals surface area (Å²) in [7, 11) is 0. The maximum atomic E-state index is 13.2. The van der Waals surface area contributed by atoms with Crippen molar-refractivity contribution in [2.75, 3.05) is 29.9 Å². The first-order chi connectivity index (χ1) is 21.7. The topological polar surface area (TPSA) is 136 Å². The van der Waals surface area contributed by atoms with Gasteiger partial charge in [0, 0.05) is 31.2 Å². The molecular formula is C33H40N8O4. The number of alkyl carbamates (subject to hydrolysis) is 1. The molecule has 1 fully saturated rings. The van der Waals surface area contributed by atoms with Crippen molar-refractivity contribution in [1.29, 1.82) is 0 Å². The third-order valence-electron chi connectivity index (χ3n) is 8.09. The van der Waals surface area contributed by atoms with Crippen LogP contribution in [-0.4, -0.2) is 67.8 Å². The van der Waals surface area contributed by atoms with Crippen molar-refractivity contribution in [3.8, 4) is 0 Å². The molecule has 1 saturated heterocycles. The number of aromatic nitrogens is 5. The number of esters is 1. The Morgan fingerprint density at radius 3 is 2.64 bits per heavy atom. The van der Waals surface area contributed by atoms with Gasteiger partial charge in [-0.25, -0.2) is 29.5 Å². The first kappa shape index (κ1) is 30.3. The van der Waals surface area contributed by atoms with Gasteiger partial charge in [-0.3, -0.25) is 0 Å². The van der Waals surface area contributed by atoms with Gasteiger partial charge in [-0.15, -0.1) is 0 Å². The van der Waals surface area contributed by atoms with E-state index in [1.165, 1.54) is 11.9 Å². The smallest absolute Gasteiger partial charge is 0.408 e. The molecule has 1 aromatic carbocycles. The number of pyridine rings is 1. The van der Waals surface area contributed by atoms with Crippen LogP contribution in [0.2, 0.25) is 0 Å². The molecule has 5 heterocycles. The highest BCUT2D eigenvalue weighted by atomic mass is 16.6. The fourth-order valence-corrected chi connectivity index (χ4v) is 5.85. The first-order valence-corrected chi connectivity index (χ1v) is 15.6. The number of carbonyl (C=O) groups is 2. The van der Waals surface area contributed by atoms with E-state index in [4.69, 9.17) is 14.5 Å². The Hall–Kier alpha value is -4.74. The summed E-state index contributed by atoms with van der Waals surface area (Å²) in [6, 6.07) is 12.7. The summed E-state index contributed by atoms with van der Waals surface area (Å²) in [5.74, 6) is 1.59. The van der Waals surface area contributed by atoms with E-state index in [0.29, 0.717) is 17.1 Å². The predicted octanol–water partition coefficient (Wildman–Crippen LogP) is 4.60. The summed E-state index contributed by atoms with van der Waals surface area (Å²) in [4.78, 5) is 46.9. The fraction of sp³-hybridized carbons (Fsp3) is 0.455. The number of nitrogens with zero attached hydrogens (tertiary/aromatic N) is 6. The molecule has 12 nitrogen and oxygen atoms in total. The number of carbonyl (C=O) groups excluding carboxylic acids is 2. The quantitative estimate of drug-likeness (QED) is 0.272. The Morgan fingerprint density at radius 1 is 1.07 bits per heavy atom. The molecule has 6 rings (SSSR count). The second-order valence-electron chi connectivity index (χ2n) is 12.6. The van der Waals surface area contributed by atoms with Gasteiger partial charge < -0.3 is 29.6 Å². The molecule has 0 spiro atoms. The predicted molar refractivity (Wildman–Crippen MR) is 170 cm³/mol. The van der Waals surface area contributed by atoms with Crippen LogP contribution in [0.5, 0.6) is 0 Å². The molecule has 0 saturated carbocycles. The van der Waals surface area contributed by atoms with E-state index in [1.807, 2.05) is 30.3 Å². The van der Waals surface area contributed by atoms with Crippen LogP contribution < -0.4 is 15.5 Å². The number of piperidine rings is 1. The third-order valence-corrected chi connectivity index (χ3v) is 8.09. The summed E-state index contributed by atoms with van der Waals surface area (Å²) < 4.78 is 12.8. The van der Waals surface area contributed by atoms with Crippen LogP contribution in [0, 0.1) is 0 Å². The lowest BCUT2D eigenvalue weighted by atomic mass is 9.92. The van der Waals surface area contributed by atoms with Crippen LogP contribution >= 0.6 is 0 Å². The highest BCUT2D eigenvalue weighted by Crippen LogP contribution is 2.33. The number of aryl methyl sites for hydroxylation is 1. The Bertz CT molecular complexity index is 1640. The highest BCUT2D eigenvalue weighted by molar-refractivity contribution is 5.84. The number of hydrogen-bond acceptors (Lipinski definition) is 10. The lowest BCUT2D eigenvalue weighted by Gasteiger charge is -2.33. The molecule has 2 aliphatic rings. The minimum atomic E-state index is -1.03. The fourth-order valence-electron chi connectivity index (χ4n) is 5.85. The number of fused-ring (bicyclic) bond motifs is 2. The number of nitrogens with one attached hydrogen (secondary N) is 2. The average Bonchev–Trinajstić information content (AvgIpc) is 3.46. The largest absolute Gasteiger partial charge is 0.458 e. The molecule has 3 aromatic heterocycles. The van der Waals surface area contributed by atoms with E-state index >= 15 is 0 Å². The van der Waals surface area contributed by atoms with Crippen molar-refractivity contribution < 1.29 is 19.1 Å². The van der Waals surface area contributed by atoms with E-state index in [2.05, 4.69) is 42.6 Å². The van der Waals surface area contributed by atoms with Crippen LogP contribution in [0.15, 0.2) is 55.1 Å². The number of rotatable bonds is 8. The summed E-state index contributed by atoms with van der Waals surface area (Å²) in [6.07, 6.45) is 6.55. The molecule has 0 bridgehead atoms. The van der Waals surface area contributed by atoms with Gasteiger partial charge in [-0.05, 0) is 63.6 Å². The van der Waals surface area contributed by atoms with Crippen LogP contribution in [-0.2, 0) is 33.8 Å². The van der Waals surface area contributed by atoms with Crippen molar-refractivity contribution >= 4 is 34.9 Å². The van der Waals surface area contributed by atoms with Crippen molar-refractivity contribution in [3.05, 3.63) is 71.9 Å². The van der Waals surface area contributed by atoms with Gasteiger partial charge in [0.05, 0.1) is 12.9 Å². The summed E-state index contributed by atoms with van der Waals surface area (Å²) in [6.45, 7) is 8.08. The van der Waals surface area contributed by atoms with Crippen LogP contribution in [0.3, 0.4) is 0 Å². The Balaban J connectivity index is 1.15. The monoisotopic (exact) mass is 612 g/mol.